The van der Waals surface area contributed by atoms with Crippen molar-refractivity contribution in [3.05, 3.63) is 63.2 Å². The van der Waals surface area contributed by atoms with Gasteiger partial charge in [0.2, 0.25) is 5.91 Å². The molecule has 1 N–H and O–H groups in total. The Bertz CT molecular complexity index is 735. The van der Waals surface area contributed by atoms with Gasteiger partial charge in [-0.3, -0.25) is 14.9 Å². The molecular weight excluding hydrogens is 336 g/mol. The number of nitrogens with zero attached hydrogens (tertiary/aromatic N) is 1. The van der Waals surface area contributed by atoms with Crippen molar-refractivity contribution in [2.24, 2.45) is 0 Å². The summed E-state index contributed by atoms with van der Waals surface area (Å²) in [6, 6.07) is 11.6. The van der Waals surface area contributed by atoms with Gasteiger partial charge in [-0.15, -0.1) is 11.8 Å². The van der Waals surface area contributed by atoms with E-state index in [9.17, 15) is 14.9 Å². The van der Waals surface area contributed by atoms with Gasteiger partial charge in [0.15, 0.2) is 0 Å². The minimum absolute atomic E-state index is 0.0519. The third-order valence-corrected chi connectivity index (χ3v) is 4.55. The van der Waals surface area contributed by atoms with Crippen LogP contribution in [0, 0.1) is 17.0 Å². The van der Waals surface area contributed by atoms with E-state index in [-0.39, 0.29) is 16.8 Å². The number of nitro benzene ring substituents is 1. The molecule has 0 spiro atoms. The van der Waals surface area contributed by atoms with Crippen molar-refractivity contribution in [1.29, 1.82) is 0 Å². The molecule has 2 aromatic carbocycles. The van der Waals surface area contributed by atoms with E-state index >= 15 is 0 Å². The van der Waals surface area contributed by atoms with Crippen molar-refractivity contribution in [3.8, 4) is 0 Å². The second-order valence-electron chi connectivity index (χ2n) is 4.96. The van der Waals surface area contributed by atoms with Gasteiger partial charge < -0.3 is 5.32 Å². The monoisotopic (exact) mass is 350 g/mol. The molecule has 2 rings (SSSR count). The zero-order valence-electron chi connectivity index (χ0n) is 12.6. The van der Waals surface area contributed by atoms with Gasteiger partial charge in [0.1, 0.15) is 0 Å². The van der Waals surface area contributed by atoms with Crippen molar-refractivity contribution in [1.82, 2.24) is 0 Å². The molecule has 0 aliphatic heterocycles. The Morgan fingerprint density at radius 2 is 1.91 bits per heavy atom. The summed E-state index contributed by atoms with van der Waals surface area (Å²) in [4.78, 5) is 23.6. The van der Waals surface area contributed by atoms with Crippen molar-refractivity contribution >= 4 is 40.6 Å². The molecule has 0 heterocycles. The first-order valence-corrected chi connectivity index (χ1v) is 8.10. The zero-order valence-corrected chi connectivity index (χ0v) is 14.1. The van der Waals surface area contributed by atoms with Gasteiger partial charge in [0.05, 0.1) is 15.9 Å². The summed E-state index contributed by atoms with van der Waals surface area (Å²) >= 11 is 7.22. The van der Waals surface area contributed by atoms with Crippen LogP contribution in [0.5, 0.6) is 0 Å². The predicted molar refractivity (Wildman–Crippen MR) is 93.2 cm³/mol. The number of anilines is 1. The number of nitrogens with one attached hydrogen (secondary N) is 1. The molecule has 0 bridgehead atoms. The number of carbonyl (C=O) groups is 1. The van der Waals surface area contributed by atoms with E-state index in [1.165, 1.54) is 23.9 Å². The molecule has 120 valence electrons. The van der Waals surface area contributed by atoms with Gasteiger partial charge in [-0.25, -0.2) is 0 Å². The standard InChI is InChI=1S/C16H15ClN2O3S/c1-10-3-6-13(19(21)22)9-15(10)18-16(20)11(2)23-14-7-4-12(17)5-8-14/h3-9,11H,1-2H3,(H,18,20)/t11-/m1/s1. The number of rotatable bonds is 5. The van der Waals surface area contributed by atoms with Crippen LogP contribution in [0.1, 0.15) is 12.5 Å². The molecule has 0 aromatic heterocycles. The summed E-state index contributed by atoms with van der Waals surface area (Å²) < 4.78 is 0. The highest BCUT2D eigenvalue weighted by molar-refractivity contribution is 8.00. The lowest BCUT2D eigenvalue weighted by Gasteiger charge is -2.13. The summed E-state index contributed by atoms with van der Waals surface area (Å²) in [5.74, 6) is -0.214. The summed E-state index contributed by atoms with van der Waals surface area (Å²) in [6.07, 6.45) is 0. The van der Waals surface area contributed by atoms with Crippen LogP contribution in [0.2, 0.25) is 5.02 Å². The topological polar surface area (TPSA) is 72.2 Å². The second-order valence-corrected chi connectivity index (χ2v) is 6.81. The molecule has 0 saturated heterocycles. The molecule has 1 amide bonds. The highest BCUT2D eigenvalue weighted by Gasteiger charge is 2.17. The number of halogens is 1. The number of carbonyl (C=O) groups excluding carboxylic acids is 1. The highest BCUT2D eigenvalue weighted by Crippen LogP contribution is 2.27. The van der Waals surface area contributed by atoms with E-state index in [0.29, 0.717) is 10.7 Å². The molecule has 0 fully saturated rings. The Balaban J connectivity index is 2.07. The van der Waals surface area contributed by atoms with E-state index in [1.54, 1.807) is 32.0 Å². The van der Waals surface area contributed by atoms with Crippen LogP contribution in [0.4, 0.5) is 11.4 Å². The predicted octanol–water partition coefficient (Wildman–Crippen LogP) is 4.68. The first kappa shape index (κ1) is 17.3. The maximum Gasteiger partial charge on any atom is 0.271 e. The Labute approximate surface area is 143 Å². The van der Waals surface area contributed by atoms with Crippen LogP contribution in [0.15, 0.2) is 47.4 Å². The largest absolute Gasteiger partial charge is 0.325 e. The average Bonchev–Trinajstić information content (AvgIpc) is 2.51. The van der Waals surface area contributed by atoms with Crippen LogP contribution >= 0.6 is 23.4 Å². The zero-order chi connectivity index (χ0) is 17.0. The first-order chi connectivity index (χ1) is 10.9. The Morgan fingerprint density at radius 3 is 2.52 bits per heavy atom. The van der Waals surface area contributed by atoms with Crippen LogP contribution in [-0.2, 0) is 4.79 Å². The van der Waals surface area contributed by atoms with E-state index in [0.717, 1.165) is 10.5 Å². The summed E-state index contributed by atoms with van der Waals surface area (Å²) in [5.41, 5.74) is 1.17. The molecule has 0 aliphatic rings. The molecule has 0 aliphatic carbocycles. The normalized spacial score (nSPS) is 11.8. The van der Waals surface area contributed by atoms with Crippen LogP contribution in [0.3, 0.4) is 0 Å². The fourth-order valence-electron chi connectivity index (χ4n) is 1.86. The Hall–Kier alpha value is -2.05. The molecule has 1 atom stereocenters. The quantitative estimate of drug-likeness (QED) is 0.483. The third kappa shape index (κ3) is 4.71. The highest BCUT2D eigenvalue weighted by atomic mass is 35.5. The maximum absolute atomic E-state index is 12.3. The molecule has 0 radical (unpaired) electrons. The van der Waals surface area contributed by atoms with Gasteiger partial charge in [0.25, 0.3) is 5.69 Å². The van der Waals surface area contributed by atoms with Crippen molar-refractivity contribution in [3.63, 3.8) is 0 Å². The van der Waals surface area contributed by atoms with Gasteiger partial charge in [-0.1, -0.05) is 17.7 Å². The van der Waals surface area contributed by atoms with E-state index in [1.807, 2.05) is 12.1 Å². The molecular formula is C16H15ClN2O3S. The summed E-state index contributed by atoms with van der Waals surface area (Å²) in [5, 5.41) is 13.9. The lowest BCUT2D eigenvalue weighted by Crippen LogP contribution is -2.22. The number of aryl methyl sites for hydroxylation is 1. The van der Waals surface area contributed by atoms with Crippen molar-refractivity contribution in [2.75, 3.05) is 5.32 Å². The summed E-state index contributed by atoms with van der Waals surface area (Å²) in [6.45, 7) is 3.57. The SMILES string of the molecule is Cc1ccc([N+](=O)[O-])cc1NC(=O)[C@@H](C)Sc1ccc(Cl)cc1. The molecule has 0 saturated carbocycles. The van der Waals surface area contributed by atoms with Crippen LogP contribution in [-0.4, -0.2) is 16.1 Å². The number of nitro groups is 1. The summed E-state index contributed by atoms with van der Waals surface area (Å²) in [7, 11) is 0. The molecule has 0 unspecified atom stereocenters. The molecule has 23 heavy (non-hydrogen) atoms. The average molecular weight is 351 g/mol. The number of hydrogen-bond donors (Lipinski definition) is 1. The first-order valence-electron chi connectivity index (χ1n) is 6.85. The fraction of sp³-hybridized carbons (Fsp3) is 0.188. The van der Waals surface area contributed by atoms with Gasteiger partial charge in [0, 0.05) is 22.1 Å². The number of amides is 1. The Morgan fingerprint density at radius 1 is 1.26 bits per heavy atom. The third-order valence-electron chi connectivity index (χ3n) is 3.19. The number of thioether (sulfide) groups is 1. The van der Waals surface area contributed by atoms with Crippen molar-refractivity contribution < 1.29 is 9.72 Å². The minimum Gasteiger partial charge on any atom is -0.325 e. The smallest absolute Gasteiger partial charge is 0.271 e. The minimum atomic E-state index is -0.485. The molecule has 5 nitrogen and oxygen atoms in total. The second kappa shape index (κ2) is 7.48. The number of hydrogen-bond acceptors (Lipinski definition) is 4. The fourth-order valence-corrected chi connectivity index (χ4v) is 2.86. The Kier molecular flexibility index (Phi) is 5.63. The van der Waals surface area contributed by atoms with Gasteiger partial charge >= 0.3 is 0 Å². The van der Waals surface area contributed by atoms with Crippen molar-refractivity contribution in [2.45, 2.75) is 24.0 Å². The lowest BCUT2D eigenvalue weighted by molar-refractivity contribution is -0.384. The number of non-ortho nitro benzene ring substituents is 1. The van der Waals surface area contributed by atoms with E-state index in [2.05, 4.69) is 5.32 Å². The maximum atomic E-state index is 12.3. The lowest BCUT2D eigenvalue weighted by atomic mass is 10.2. The van der Waals surface area contributed by atoms with Gasteiger partial charge in [-0.2, -0.15) is 0 Å². The number of benzene rings is 2. The molecule has 2 aromatic rings. The van der Waals surface area contributed by atoms with Gasteiger partial charge in [-0.05, 0) is 43.7 Å². The molecule has 7 heteroatoms. The van der Waals surface area contributed by atoms with E-state index in [4.69, 9.17) is 11.6 Å². The van der Waals surface area contributed by atoms with Crippen LogP contribution in [0.25, 0.3) is 0 Å². The van der Waals surface area contributed by atoms with Crippen LogP contribution < -0.4 is 5.32 Å². The van der Waals surface area contributed by atoms with E-state index < -0.39 is 4.92 Å².